The van der Waals surface area contributed by atoms with Gasteiger partial charge in [0, 0.05) is 45.0 Å². The van der Waals surface area contributed by atoms with Crippen molar-refractivity contribution in [3.63, 3.8) is 0 Å². The Kier molecular flexibility index (Phi) is 5.19. The van der Waals surface area contributed by atoms with Gasteiger partial charge in [-0.1, -0.05) is 18.2 Å². The van der Waals surface area contributed by atoms with E-state index in [0.29, 0.717) is 19.2 Å². The van der Waals surface area contributed by atoms with Gasteiger partial charge in [0.05, 0.1) is 12.7 Å². The second-order valence-corrected chi connectivity index (χ2v) is 5.25. The van der Waals surface area contributed by atoms with Gasteiger partial charge >= 0.3 is 0 Å². The van der Waals surface area contributed by atoms with E-state index in [1.165, 1.54) is 5.69 Å². The number of nitrogens with zero attached hydrogens (tertiary/aromatic N) is 2. The van der Waals surface area contributed by atoms with Crippen molar-refractivity contribution in [1.82, 2.24) is 4.90 Å². The molecule has 4 nitrogen and oxygen atoms in total. The number of anilines is 1. The van der Waals surface area contributed by atoms with E-state index in [1.807, 2.05) is 6.07 Å². The average Bonchev–Trinajstić information content (AvgIpc) is 2.40. The lowest BCUT2D eigenvalue weighted by molar-refractivity contribution is 0.0339. The largest absolute Gasteiger partial charge is 0.389 e. The fraction of sp³-hybridized carbons (Fsp3) is 0.600. The van der Waals surface area contributed by atoms with Gasteiger partial charge in [-0.05, 0) is 19.1 Å². The number of hydrogen-bond acceptors (Lipinski definition) is 4. The number of benzene rings is 1. The second kappa shape index (κ2) is 6.89. The van der Waals surface area contributed by atoms with Gasteiger partial charge in [0.25, 0.3) is 0 Å². The van der Waals surface area contributed by atoms with Crippen molar-refractivity contribution in [1.29, 1.82) is 0 Å². The summed E-state index contributed by atoms with van der Waals surface area (Å²) in [4.78, 5) is 4.74. The molecule has 1 aliphatic rings. The average molecular weight is 264 g/mol. The lowest BCUT2D eigenvalue weighted by Gasteiger charge is -2.41. The molecule has 0 spiro atoms. The molecule has 19 heavy (non-hydrogen) atoms. The summed E-state index contributed by atoms with van der Waals surface area (Å²) in [5, 5.41) is 9.79. The summed E-state index contributed by atoms with van der Waals surface area (Å²) in [7, 11) is 1.62. The van der Waals surface area contributed by atoms with Gasteiger partial charge in [-0.25, -0.2) is 0 Å². The lowest BCUT2D eigenvalue weighted by Crippen LogP contribution is -2.53. The van der Waals surface area contributed by atoms with Crippen LogP contribution in [0, 0.1) is 0 Å². The van der Waals surface area contributed by atoms with Gasteiger partial charge in [0.15, 0.2) is 0 Å². The number of ether oxygens (including phenoxy) is 1. The van der Waals surface area contributed by atoms with Crippen molar-refractivity contribution in [2.24, 2.45) is 0 Å². The third-order valence-electron chi connectivity index (χ3n) is 3.63. The molecule has 1 N–H and O–H groups in total. The molecule has 1 aliphatic heterocycles. The number of β-amino-alcohol motifs (C(OH)–C–C–N with tert-alkyl or cyclic N) is 1. The van der Waals surface area contributed by atoms with Crippen molar-refractivity contribution in [3.8, 4) is 0 Å². The normalized spacial score (nSPS) is 22.5. The molecule has 0 aliphatic carbocycles. The van der Waals surface area contributed by atoms with Crippen molar-refractivity contribution >= 4 is 5.69 Å². The number of piperazine rings is 1. The highest BCUT2D eigenvalue weighted by Crippen LogP contribution is 2.20. The van der Waals surface area contributed by atoms with Crippen LogP contribution in [0.3, 0.4) is 0 Å². The maximum absolute atomic E-state index is 9.79. The van der Waals surface area contributed by atoms with Crippen molar-refractivity contribution in [2.45, 2.75) is 19.1 Å². The van der Waals surface area contributed by atoms with Crippen LogP contribution in [-0.2, 0) is 4.74 Å². The Morgan fingerprint density at radius 2 is 2.05 bits per heavy atom. The van der Waals surface area contributed by atoms with Crippen LogP contribution in [0.2, 0.25) is 0 Å². The Labute approximate surface area is 115 Å². The summed E-state index contributed by atoms with van der Waals surface area (Å²) in [6.07, 6.45) is -0.388. The fourth-order valence-corrected chi connectivity index (χ4v) is 2.75. The van der Waals surface area contributed by atoms with Gasteiger partial charge in [-0.15, -0.1) is 0 Å². The molecule has 2 rings (SSSR count). The summed E-state index contributed by atoms with van der Waals surface area (Å²) in [5.74, 6) is 0. The molecule has 0 amide bonds. The van der Waals surface area contributed by atoms with Gasteiger partial charge < -0.3 is 14.7 Å². The van der Waals surface area contributed by atoms with Gasteiger partial charge in [0.1, 0.15) is 0 Å². The molecule has 0 bridgehead atoms. The molecule has 106 valence electrons. The van der Waals surface area contributed by atoms with Gasteiger partial charge in [0.2, 0.25) is 0 Å². The Morgan fingerprint density at radius 3 is 2.68 bits per heavy atom. The summed E-state index contributed by atoms with van der Waals surface area (Å²) in [5.41, 5.74) is 1.28. The molecule has 2 atom stereocenters. The zero-order valence-electron chi connectivity index (χ0n) is 11.8. The predicted molar refractivity (Wildman–Crippen MR) is 77.6 cm³/mol. The first-order valence-electron chi connectivity index (χ1n) is 6.91. The first kappa shape index (κ1) is 14.3. The van der Waals surface area contributed by atoms with E-state index >= 15 is 0 Å². The summed E-state index contributed by atoms with van der Waals surface area (Å²) < 4.78 is 4.98. The standard InChI is InChI=1S/C15H24N2O2/c1-13-10-16(11-15(18)12-19-2)8-9-17(13)14-6-4-3-5-7-14/h3-7,13,15,18H,8-12H2,1-2H3. The minimum absolute atomic E-state index is 0.388. The molecule has 0 radical (unpaired) electrons. The first-order chi connectivity index (χ1) is 9.20. The summed E-state index contributed by atoms with van der Waals surface area (Å²) in [6, 6.07) is 11.0. The first-order valence-corrected chi connectivity index (χ1v) is 6.91. The molecule has 1 aromatic carbocycles. The topological polar surface area (TPSA) is 35.9 Å². The van der Waals surface area contributed by atoms with E-state index in [9.17, 15) is 5.11 Å². The number of para-hydroxylation sites is 1. The van der Waals surface area contributed by atoms with Gasteiger partial charge in [-0.3, -0.25) is 4.90 Å². The molecule has 0 saturated carbocycles. The quantitative estimate of drug-likeness (QED) is 0.867. The van der Waals surface area contributed by atoms with Crippen LogP contribution in [-0.4, -0.2) is 62.0 Å². The van der Waals surface area contributed by atoms with Crippen LogP contribution in [0.4, 0.5) is 5.69 Å². The SMILES string of the molecule is COCC(O)CN1CCN(c2ccccc2)C(C)C1. The molecule has 0 aromatic heterocycles. The van der Waals surface area contributed by atoms with E-state index in [0.717, 1.165) is 19.6 Å². The highest BCUT2D eigenvalue weighted by atomic mass is 16.5. The maximum Gasteiger partial charge on any atom is 0.0900 e. The third kappa shape index (κ3) is 3.93. The molecule has 4 heteroatoms. The molecule has 1 aromatic rings. The Hall–Kier alpha value is -1.10. The minimum Gasteiger partial charge on any atom is -0.389 e. The zero-order chi connectivity index (χ0) is 13.7. The smallest absolute Gasteiger partial charge is 0.0900 e. The van der Waals surface area contributed by atoms with Crippen LogP contribution >= 0.6 is 0 Å². The second-order valence-electron chi connectivity index (χ2n) is 5.25. The summed E-state index contributed by atoms with van der Waals surface area (Å²) in [6.45, 7) is 6.32. The van der Waals surface area contributed by atoms with E-state index in [-0.39, 0.29) is 6.10 Å². The van der Waals surface area contributed by atoms with Crippen LogP contribution in [0.1, 0.15) is 6.92 Å². The lowest BCUT2D eigenvalue weighted by atomic mass is 10.1. The monoisotopic (exact) mass is 264 g/mol. The van der Waals surface area contributed by atoms with E-state index < -0.39 is 0 Å². The number of rotatable bonds is 5. The van der Waals surface area contributed by atoms with Crippen molar-refractivity contribution in [3.05, 3.63) is 30.3 Å². The van der Waals surface area contributed by atoms with Crippen LogP contribution < -0.4 is 4.90 Å². The predicted octanol–water partition coefficient (Wildman–Crippen LogP) is 1.20. The number of aliphatic hydroxyl groups excluding tert-OH is 1. The maximum atomic E-state index is 9.79. The molecule has 2 unspecified atom stereocenters. The summed E-state index contributed by atoms with van der Waals surface area (Å²) >= 11 is 0. The molecule has 1 saturated heterocycles. The van der Waals surface area contributed by atoms with E-state index in [2.05, 4.69) is 41.0 Å². The van der Waals surface area contributed by atoms with Crippen molar-refractivity contribution < 1.29 is 9.84 Å². The number of methoxy groups -OCH3 is 1. The molecule has 1 heterocycles. The van der Waals surface area contributed by atoms with Crippen molar-refractivity contribution in [2.75, 3.05) is 44.8 Å². The zero-order valence-corrected chi connectivity index (χ0v) is 11.8. The molecular formula is C15H24N2O2. The number of hydrogen-bond donors (Lipinski definition) is 1. The van der Waals surface area contributed by atoms with Crippen LogP contribution in [0.15, 0.2) is 30.3 Å². The Bertz CT molecular complexity index is 372. The minimum atomic E-state index is -0.388. The van der Waals surface area contributed by atoms with E-state index in [4.69, 9.17) is 4.74 Å². The Balaban J connectivity index is 1.88. The fourth-order valence-electron chi connectivity index (χ4n) is 2.75. The molecule has 1 fully saturated rings. The Morgan fingerprint density at radius 1 is 1.32 bits per heavy atom. The van der Waals surface area contributed by atoms with Gasteiger partial charge in [-0.2, -0.15) is 0 Å². The van der Waals surface area contributed by atoms with E-state index in [1.54, 1.807) is 7.11 Å². The highest BCUT2D eigenvalue weighted by molar-refractivity contribution is 5.47. The molecular weight excluding hydrogens is 240 g/mol. The van der Waals surface area contributed by atoms with Crippen LogP contribution in [0.25, 0.3) is 0 Å². The van der Waals surface area contributed by atoms with Crippen LogP contribution in [0.5, 0.6) is 0 Å². The third-order valence-corrected chi connectivity index (χ3v) is 3.63. The highest BCUT2D eigenvalue weighted by Gasteiger charge is 2.24. The number of aliphatic hydroxyl groups is 1.